The van der Waals surface area contributed by atoms with Crippen molar-refractivity contribution in [1.29, 1.82) is 0 Å². The van der Waals surface area contributed by atoms with Crippen molar-refractivity contribution >= 4 is 6.47 Å². The summed E-state index contributed by atoms with van der Waals surface area (Å²) in [4.78, 5) is 10.5. The van der Waals surface area contributed by atoms with Crippen LogP contribution in [0.2, 0.25) is 0 Å². The number of hydrogen-bond donors (Lipinski definition) is 1. The van der Waals surface area contributed by atoms with E-state index in [4.69, 9.17) is 4.74 Å². The first-order chi connectivity index (χ1) is 7.42. The molecular weight excluding hydrogens is 190 g/mol. The number of benzene rings is 1. The first kappa shape index (κ1) is 10.2. The van der Waals surface area contributed by atoms with Gasteiger partial charge in [0.05, 0.1) is 0 Å². The van der Waals surface area contributed by atoms with Gasteiger partial charge in [0.1, 0.15) is 6.10 Å². The highest BCUT2D eigenvalue weighted by molar-refractivity contribution is 5.39. The molecule has 1 aliphatic rings. The van der Waals surface area contributed by atoms with Crippen molar-refractivity contribution < 1.29 is 9.53 Å². The van der Waals surface area contributed by atoms with E-state index in [1.54, 1.807) is 0 Å². The molecule has 0 amide bonds. The van der Waals surface area contributed by atoms with Gasteiger partial charge in [0.15, 0.2) is 0 Å². The fraction of sp³-hybridized carbons (Fsp3) is 0.417. The second kappa shape index (κ2) is 4.94. The normalized spacial score (nSPS) is 22.3. The minimum Gasteiger partial charge on any atom is -0.458 e. The number of carbonyl (C=O) groups excluding carboxylic acids is 1. The van der Waals surface area contributed by atoms with Gasteiger partial charge >= 0.3 is 0 Å². The zero-order valence-corrected chi connectivity index (χ0v) is 8.56. The largest absolute Gasteiger partial charge is 0.458 e. The van der Waals surface area contributed by atoms with E-state index in [1.807, 2.05) is 30.3 Å². The summed E-state index contributed by atoms with van der Waals surface area (Å²) in [5.41, 5.74) is 1.06. The van der Waals surface area contributed by atoms with Gasteiger partial charge in [-0.25, -0.2) is 0 Å². The third-order valence-electron chi connectivity index (χ3n) is 2.79. The molecule has 3 nitrogen and oxygen atoms in total. The molecule has 0 bridgehead atoms. The SMILES string of the molecule is O=COC(c1ccccc1)C1CCCN1. The standard InChI is InChI=1S/C12H15NO2/c14-9-15-12(11-7-4-8-13-11)10-5-2-1-3-6-10/h1-3,5-6,9,11-13H,4,7-8H2. The van der Waals surface area contributed by atoms with Gasteiger partial charge in [-0.1, -0.05) is 30.3 Å². The predicted octanol–water partition coefficient (Wildman–Crippen LogP) is 1.65. The molecule has 0 spiro atoms. The average Bonchev–Trinajstić information content (AvgIpc) is 2.80. The highest BCUT2D eigenvalue weighted by Gasteiger charge is 2.26. The summed E-state index contributed by atoms with van der Waals surface area (Å²) in [7, 11) is 0. The Morgan fingerprint density at radius 2 is 2.20 bits per heavy atom. The van der Waals surface area contributed by atoms with E-state index in [1.165, 1.54) is 0 Å². The number of carbonyl (C=O) groups is 1. The van der Waals surface area contributed by atoms with Gasteiger partial charge in [0.25, 0.3) is 6.47 Å². The summed E-state index contributed by atoms with van der Waals surface area (Å²) in [5.74, 6) is 0. The molecule has 1 fully saturated rings. The van der Waals surface area contributed by atoms with Gasteiger partial charge in [-0.05, 0) is 24.9 Å². The Morgan fingerprint density at radius 1 is 1.40 bits per heavy atom. The zero-order valence-electron chi connectivity index (χ0n) is 8.56. The summed E-state index contributed by atoms with van der Waals surface area (Å²) in [6.07, 6.45) is 2.06. The minimum atomic E-state index is -0.147. The molecule has 1 aliphatic heterocycles. The van der Waals surface area contributed by atoms with E-state index in [0.29, 0.717) is 6.47 Å². The Bertz CT molecular complexity index is 307. The second-order valence-corrected chi connectivity index (χ2v) is 3.77. The average molecular weight is 205 g/mol. The van der Waals surface area contributed by atoms with Gasteiger partial charge in [-0.2, -0.15) is 0 Å². The molecule has 2 atom stereocenters. The molecule has 2 rings (SSSR count). The van der Waals surface area contributed by atoms with E-state index >= 15 is 0 Å². The van der Waals surface area contributed by atoms with Crippen LogP contribution in [0.5, 0.6) is 0 Å². The van der Waals surface area contributed by atoms with Crippen LogP contribution in [-0.2, 0) is 9.53 Å². The second-order valence-electron chi connectivity index (χ2n) is 3.77. The maximum absolute atomic E-state index is 10.5. The van der Waals surface area contributed by atoms with Crippen LogP contribution in [0.25, 0.3) is 0 Å². The molecule has 80 valence electrons. The highest BCUT2D eigenvalue weighted by Crippen LogP contribution is 2.25. The fourth-order valence-corrected chi connectivity index (χ4v) is 2.08. The Kier molecular flexibility index (Phi) is 3.35. The lowest BCUT2D eigenvalue weighted by Gasteiger charge is -2.22. The van der Waals surface area contributed by atoms with Crippen LogP contribution in [-0.4, -0.2) is 19.1 Å². The monoisotopic (exact) mass is 205 g/mol. The molecule has 0 radical (unpaired) electrons. The molecule has 15 heavy (non-hydrogen) atoms. The third-order valence-corrected chi connectivity index (χ3v) is 2.79. The van der Waals surface area contributed by atoms with Crippen molar-refractivity contribution in [2.75, 3.05) is 6.54 Å². The summed E-state index contributed by atoms with van der Waals surface area (Å²) in [6.45, 7) is 1.55. The van der Waals surface area contributed by atoms with E-state index in [-0.39, 0.29) is 12.1 Å². The van der Waals surface area contributed by atoms with Crippen LogP contribution in [0.1, 0.15) is 24.5 Å². The fourth-order valence-electron chi connectivity index (χ4n) is 2.08. The van der Waals surface area contributed by atoms with E-state index in [0.717, 1.165) is 24.9 Å². The van der Waals surface area contributed by atoms with Crippen LogP contribution >= 0.6 is 0 Å². The van der Waals surface area contributed by atoms with Crippen LogP contribution in [0.3, 0.4) is 0 Å². The third kappa shape index (κ3) is 2.36. The topological polar surface area (TPSA) is 38.3 Å². The van der Waals surface area contributed by atoms with Crippen LogP contribution < -0.4 is 5.32 Å². The summed E-state index contributed by atoms with van der Waals surface area (Å²) in [6, 6.07) is 10.1. The molecule has 0 aliphatic carbocycles. The number of rotatable bonds is 4. The maximum Gasteiger partial charge on any atom is 0.293 e. The van der Waals surface area contributed by atoms with E-state index in [2.05, 4.69) is 5.32 Å². The Hall–Kier alpha value is -1.35. The van der Waals surface area contributed by atoms with Crippen molar-refractivity contribution in [3.8, 4) is 0 Å². The number of ether oxygens (including phenoxy) is 1. The van der Waals surface area contributed by atoms with Gasteiger partial charge < -0.3 is 10.1 Å². The minimum absolute atomic E-state index is 0.147. The molecule has 1 N–H and O–H groups in total. The Morgan fingerprint density at radius 3 is 2.80 bits per heavy atom. The Labute approximate surface area is 89.4 Å². The van der Waals surface area contributed by atoms with Crippen molar-refractivity contribution in [2.45, 2.75) is 25.0 Å². The van der Waals surface area contributed by atoms with Gasteiger partial charge in [0, 0.05) is 6.04 Å². The smallest absolute Gasteiger partial charge is 0.293 e. The van der Waals surface area contributed by atoms with Crippen molar-refractivity contribution in [3.63, 3.8) is 0 Å². The van der Waals surface area contributed by atoms with Crippen molar-refractivity contribution in [2.24, 2.45) is 0 Å². The van der Waals surface area contributed by atoms with E-state index in [9.17, 15) is 4.79 Å². The molecule has 1 heterocycles. The summed E-state index contributed by atoms with van der Waals surface area (Å²) in [5, 5.41) is 3.36. The van der Waals surface area contributed by atoms with Crippen molar-refractivity contribution in [1.82, 2.24) is 5.32 Å². The van der Waals surface area contributed by atoms with Crippen LogP contribution in [0.4, 0.5) is 0 Å². The number of nitrogens with one attached hydrogen (secondary N) is 1. The van der Waals surface area contributed by atoms with Gasteiger partial charge in [-0.3, -0.25) is 4.79 Å². The summed E-state index contributed by atoms with van der Waals surface area (Å²) >= 11 is 0. The quantitative estimate of drug-likeness (QED) is 0.760. The molecule has 2 unspecified atom stereocenters. The molecular formula is C12H15NO2. The predicted molar refractivity (Wildman–Crippen MR) is 57.4 cm³/mol. The van der Waals surface area contributed by atoms with Crippen LogP contribution in [0, 0.1) is 0 Å². The highest BCUT2D eigenvalue weighted by atomic mass is 16.5. The number of hydrogen-bond acceptors (Lipinski definition) is 3. The van der Waals surface area contributed by atoms with Crippen LogP contribution in [0.15, 0.2) is 30.3 Å². The molecule has 0 saturated carbocycles. The van der Waals surface area contributed by atoms with Gasteiger partial charge in [0.2, 0.25) is 0 Å². The maximum atomic E-state index is 10.5. The molecule has 3 heteroatoms. The molecule has 1 saturated heterocycles. The first-order valence-corrected chi connectivity index (χ1v) is 5.29. The molecule has 1 aromatic carbocycles. The van der Waals surface area contributed by atoms with Gasteiger partial charge in [-0.15, -0.1) is 0 Å². The Balaban J connectivity index is 2.15. The van der Waals surface area contributed by atoms with Crippen molar-refractivity contribution in [3.05, 3.63) is 35.9 Å². The first-order valence-electron chi connectivity index (χ1n) is 5.29. The lowest BCUT2D eigenvalue weighted by Crippen LogP contribution is -2.30. The lowest BCUT2D eigenvalue weighted by atomic mass is 10.0. The summed E-state index contributed by atoms with van der Waals surface area (Å²) < 4.78 is 5.17. The molecule has 1 aromatic rings. The zero-order chi connectivity index (χ0) is 10.5. The molecule has 0 aromatic heterocycles. The van der Waals surface area contributed by atoms with E-state index < -0.39 is 0 Å². The lowest BCUT2D eigenvalue weighted by molar-refractivity contribution is -0.135.